The number of rotatable bonds is 2. The van der Waals surface area contributed by atoms with Crippen LogP contribution in [0, 0.1) is 5.82 Å². The van der Waals surface area contributed by atoms with Gasteiger partial charge in [0.2, 0.25) is 0 Å². The molecule has 0 saturated heterocycles. The standard InChI is InChI=1S/C8H9FN2O2S/c1-13-7-2-4(9)6(12)3-5(7)11-8(10)14/h2-3,12H,1H3,(H3,10,11,14). The maximum atomic E-state index is 12.9. The van der Waals surface area contributed by atoms with Crippen molar-refractivity contribution in [3.63, 3.8) is 0 Å². The van der Waals surface area contributed by atoms with Crippen LogP contribution in [0.25, 0.3) is 0 Å². The van der Waals surface area contributed by atoms with E-state index in [-0.39, 0.29) is 10.9 Å². The van der Waals surface area contributed by atoms with E-state index in [9.17, 15) is 4.39 Å². The van der Waals surface area contributed by atoms with Crippen molar-refractivity contribution < 1.29 is 14.2 Å². The Hall–Kier alpha value is -1.56. The summed E-state index contributed by atoms with van der Waals surface area (Å²) in [7, 11) is 1.37. The van der Waals surface area contributed by atoms with Crippen LogP contribution in [0.1, 0.15) is 0 Å². The molecule has 0 aromatic heterocycles. The van der Waals surface area contributed by atoms with Crippen LogP contribution in [0.15, 0.2) is 12.1 Å². The number of ether oxygens (including phenoxy) is 1. The second kappa shape index (κ2) is 4.10. The number of hydrogen-bond donors (Lipinski definition) is 3. The van der Waals surface area contributed by atoms with Crippen molar-refractivity contribution in [1.29, 1.82) is 0 Å². The van der Waals surface area contributed by atoms with Crippen LogP contribution in [0.5, 0.6) is 11.5 Å². The van der Waals surface area contributed by atoms with E-state index in [1.54, 1.807) is 0 Å². The molecule has 0 spiro atoms. The maximum absolute atomic E-state index is 12.9. The minimum absolute atomic E-state index is 0.00862. The summed E-state index contributed by atoms with van der Waals surface area (Å²) >= 11 is 4.60. The molecule has 0 fully saturated rings. The van der Waals surface area contributed by atoms with Gasteiger partial charge in [0.25, 0.3) is 0 Å². The first-order valence-corrected chi connectivity index (χ1v) is 4.08. The minimum atomic E-state index is -0.768. The Morgan fingerprint density at radius 1 is 1.64 bits per heavy atom. The highest BCUT2D eigenvalue weighted by atomic mass is 32.1. The molecule has 0 atom stereocenters. The fraction of sp³-hybridized carbons (Fsp3) is 0.125. The van der Waals surface area contributed by atoms with Crippen molar-refractivity contribution in [3.8, 4) is 11.5 Å². The Labute approximate surface area is 85.5 Å². The Kier molecular flexibility index (Phi) is 3.08. The highest BCUT2D eigenvalue weighted by molar-refractivity contribution is 7.80. The zero-order chi connectivity index (χ0) is 10.7. The van der Waals surface area contributed by atoms with Crippen LogP contribution in [0.4, 0.5) is 10.1 Å². The van der Waals surface area contributed by atoms with Gasteiger partial charge < -0.3 is 20.9 Å². The third-order valence-corrected chi connectivity index (χ3v) is 1.63. The number of nitrogens with one attached hydrogen (secondary N) is 1. The summed E-state index contributed by atoms with van der Waals surface area (Å²) in [5.74, 6) is -1.05. The number of phenolic OH excluding ortho intramolecular Hbond substituents is 1. The molecule has 0 radical (unpaired) electrons. The molecule has 1 aromatic carbocycles. The lowest BCUT2D eigenvalue weighted by Gasteiger charge is -2.10. The number of nitrogens with two attached hydrogens (primary N) is 1. The van der Waals surface area contributed by atoms with Crippen LogP contribution in [0.2, 0.25) is 0 Å². The monoisotopic (exact) mass is 216 g/mol. The van der Waals surface area contributed by atoms with Gasteiger partial charge in [0, 0.05) is 12.1 Å². The highest BCUT2D eigenvalue weighted by Crippen LogP contribution is 2.30. The topological polar surface area (TPSA) is 67.5 Å². The summed E-state index contributed by atoms with van der Waals surface area (Å²) < 4.78 is 17.7. The fourth-order valence-electron chi connectivity index (χ4n) is 0.943. The molecule has 0 aliphatic heterocycles. The number of thiocarbonyl (C=S) groups is 1. The third kappa shape index (κ3) is 2.23. The Morgan fingerprint density at radius 3 is 2.79 bits per heavy atom. The Bertz CT molecular complexity index is 371. The Balaban J connectivity index is 3.13. The van der Waals surface area contributed by atoms with Gasteiger partial charge in [-0.05, 0) is 12.2 Å². The third-order valence-electron chi connectivity index (χ3n) is 1.53. The smallest absolute Gasteiger partial charge is 0.168 e. The van der Waals surface area contributed by atoms with E-state index in [4.69, 9.17) is 15.6 Å². The van der Waals surface area contributed by atoms with Crippen molar-refractivity contribution in [1.82, 2.24) is 0 Å². The van der Waals surface area contributed by atoms with Gasteiger partial charge in [0.15, 0.2) is 16.7 Å². The molecule has 76 valence electrons. The van der Waals surface area contributed by atoms with E-state index in [2.05, 4.69) is 17.5 Å². The van der Waals surface area contributed by atoms with E-state index < -0.39 is 11.6 Å². The van der Waals surface area contributed by atoms with Crippen LogP contribution < -0.4 is 15.8 Å². The highest BCUT2D eigenvalue weighted by Gasteiger charge is 2.09. The summed E-state index contributed by atoms with van der Waals surface area (Å²) in [4.78, 5) is 0. The van der Waals surface area contributed by atoms with Gasteiger partial charge in [0.05, 0.1) is 12.8 Å². The predicted molar refractivity (Wildman–Crippen MR) is 55.0 cm³/mol. The van der Waals surface area contributed by atoms with Gasteiger partial charge in [-0.15, -0.1) is 0 Å². The summed E-state index contributed by atoms with van der Waals surface area (Å²) in [5, 5.41) is 11.6. The lowest BCUT2D eigenvalue weighted by molar-refractivity contribution is 0.401. The van der Waals surface area contributed by atoms with Gasteiger partial charge >= 0.3 is 0 Å². The minimum Gasteiger partial charge on any atom is -0.505 e. The summed E-state index contributed by atoms with van der Waals surface area (Å²) in [5.41, 5.74) is 5.54. The van der Waals surface area contributed by atoms with Crippen molar-refractivity contribution in [3.05, 3.63) is 17.9 Å². The number of methoxy groups -OCH3 is 1. The molecule has 0 amide bonds. The second-order valence-corrected chi connectivity index (χ2v) is 2.93. The normalized spacial score (nSPS) is 9.57. The molecule has 4 nitrogen and oxygen atoms in total. The van der Waals surface area contributed by atoms with Crippen molar-refractivity contribution in [2.45, 2.75) is 0 Å². The molecule has 1 rings (SSSR count). The summed E-state index contributed by atoms with van der Waals surface area (Å²) in [6, 6.07) is 2.18. The van der Waals surface area contributed by atoms with E-state index in [1.165, 1.54) is 7.11 Å². The van der Waals surface area contributed by atoms with E-state index >= 15 is 0 Å². The largest absolute Gasteiger partial charge is 0.505 e. The molecule has 0 bridgehead atoms. The first-order valence-electron chi connectivity index (χ1n) is 3.67. The molecule has 4 N–H and O–H groups in total. The quantitative estimate of drug-likeness (QED) is 0.648. The zero-order valence-electron chi connectivity index (χ0n) is 7.37. The SMILES string of the molecule is COc1cc(F)c(O)cc1NC(N)=S. The number of benzene rings is 1. The van der Waals surface area contributed by atoms with Gasteiger partial charge in [-0.3, -0.25) is 0 Å². The van der Waals surface area contributed by atoms with E-state index in [1.807, 2.05) is 0 Å². The second-order valence-electron chi connectivity index (χ2n) is 2.49. The van der Waals surface area contributed by atoms with E-state index in [0.29, 0.717) is 5.69 Å². The van der Waals surface area contributed by atoms with Gasteiger partial charge in [-0.25, -0.2) is 4.39 Å². The molecular weight excluding hydrogens is 207 g/mol. The number of hydrogen-bond acceptors (Lipinski definition) is 3. The zero-order valence-corrected chi connectivity index (χ0v) is 8.19. The molecular formula is C8H9FN2O2S. The molecule has 0 heterocycles. The van der Waals surface area contributed by atoms with Crippen molar-refractivity contribution in [2.75, 3.05) is 12.4 Å². The molecule has 0 saturated carbocycles. The summed E-state index contributed by atoms with van der Waals surface area (Å²) in [6.07, 6.45) is 0. The first kappa shape index (κ1) is 10.5. The fourth-order valence-corrected chi connectivity index (χ4v) is 1.05. The van der Waals surface area contributed by atoms with E-state index in [0.717, 1.165) is 12.1 Å². The maximum Gasteiger partial charge on any atom is 0.168 e. The predicted octanol–water partition coefficient (Wildman–Crippen LogP) is 1.20. The molecule has 1 aromatic rings. The number of halogens is 1. The van der Waals surface area contributed by atoms with Gasteiger partial charge in [-0.2, -0.15) is 0 Å². The lowest BCUT2D eigenvalue weighted by atomic mass is 10.2. The average molecular weight is 216 g/mol. The average Bonchev–Trinajstić information content (AvgIpc) is 2.10. The lowest BCUT2D eigenvalue weighted by Crippen LogP contribution is -2.19. The van der Waals surface area contributed by atoms with Crippen LogP contribution in [-0.4, -0.2) is 17.3 Å². The van der Waals surface area contributed by atoms with Crippen LogP contribution in [0.3, 0.4) is 0 Å². The summed E-state index contributed by atoms with van der Waals surface area (Å²) in [6.45, 7) is 0. The Morgan fingerprint density at radius 2 is 2.29 bits per heavy atom. The van der Waals surface area contributed by atoms with Gasteiger partial charge in [-0.1, -0.05) is 0 Å². The van der Waals surface area contributed by atoms with Crippen LogP contribution in [-0.2, 0) is 0 Å². The van der Waals surface area contributed by atoms with Crippen molar-refractivity contribution >= 4 is 23.0 Å². The van der Waals surface area contributed by atoms with Gasteiger partial charge in [0.1, 0.15) is 5.75 Å². The molecule has 0 aliphatic rings. The number of phenols is 1. The van der Waals surface area contributed by atoms with Crippen molar-refractivity contribution in [2.24, 2.45) is 5.73 Å². The molecule has 0 aliphatic carbocycles. The molecule has 0 unspecified atom stereocenters. The number of anilines is 1. The number of aromatic hydroxyl groups is 1. The first-order chi connectivity index (χ1) is 6.54. The van der Waals surface area contributed by atoms with Crippen LogP contribution >= 0.6 is 12.2 Å². The molecule has 6 heteroatoms. The molecule has 14 heavy (non-hydrogen) atoms.